The fourth-order valence-electron chi connectivity index (χ4n) is 2.66. The molecule has 5 nitrogen and oxygen atoms in total. The molecule has 0 aromatic carbocycles. The van der Waals surface area contributed by atoms with Crippen molar-refractivity contribution in [1.82, 2.24) is 9.64 Å². The molecule has 1 atom stereocenters. The van der Waals surface area contributed by atoms with Crippen LogP contribution in [-0.4, -0.2) is 28.8 Å². The summed E-state index contributed by atoms with van der Waals surface area (Å²) in [6, 6.07) is -0.190. The highest BCUT2D eigenvalue weighted by atomic mass is 16.5. The van der Waals surface area contributed by atoms with E-state index in [1.54, 1.807) is 4.90 Å². The number of likely N-dealkylation sites (tertiary alicyclic amines) is 1. The van der Waals surface area contributed by atoms with E-state index in [0.29, 0.717) is 24.3 Å². The van der Waals surface area contributed by atoms with Gasteiger partial charge in [0.15, 0.2) is 0 Å². The standard InChI is InChI=1S/C14H22N2O3/c1-4-6-12-11(5-2)13(17)19-16(12)14(18)15-8-7-10(3)9-15/h10H,4-9H2,1-3H3/t10-/m1/s1. The first kappa shape index (κ1) is 13.9. The molecule has 0 saturated carbocycles. The van der Waals surface area contributed by atoms with Crippen LogP contribution >= 0.6 is 0 Å². The van der Waals surface area contributed by atoms with E-state index in [1.807, 2.05) is 13.8 Å². The molecule has 1 fully saturated rings. The monoisotopic (exact) mass is 266 g/mol. The molecule has 1 saturated heterocycles. The fraction of sp³-hybridized carbons (Fsp3) is 0.714. The third-order valence-corrected chi connectivity index (χ3v) is 3.72. The maximum absolute atomic E-state index is 12.4. The van der Waals surface area contributed by atoms with Gasteiger partial charge in [0, 0.05) is 13.1 Å². The van der Waals surface area contributed by atoms with Crippen molar-refractivity contribution in [1.29, 1.82) is 0 Å². The Hall–Kier alpha value is -1.52. The van der Waals surface area contributed by atoms with Gasteiger partial charge in [-0.15, -0.1) is 4.74 Å². The summed E-state index contributed by atoms with van der Waals surface area (Å²) in [6.45, 7) is 7.56. The van der Waals surface area contributed by atoms with Gasteiger partial charge in [-0.3, -0.25) is 0 Å². The van der Waals surface area contributed by atoms with Crippen molar-refractivity contribution in [2.45, 2.75) is 46.5 Å². The van der Waals surface area contributed by atoms with Crippen LogP contribution in [0.15, 0.2) is 9.32 Å². The van der Waals surface area contributed by atoms with Crippen LogP contribution in [0.25, 0.3) is 0 Å². The highest BCUT2D eigenvalue weighted by Crippen LogP contribution is 2.18. The highest BCUT2D eigenvalue weighted by molar-refractivity contribution is 5.76. The smallest absolute Gasteiger partial charge is 0.327 e. The summed E-state index contributed by atoms with van der Waals surface area (Å²) >= 11 is 0. The minimum atomic E-state index is -0.369. The molecule has 1 aliphatic heterocycles. The second-order valence-corrected chi connectivity index (χ2v) is 5.32. The summed E-state index contributed by atoms with van der Waals surface area (Å²) < 4.78 is 6.39. The second-order valence-electron chi connectivity index (χ2n) is 5.32. The van der Waals surface area contributed by atoms with Crippen LogP contribution in [0.3, 0.4) is 0 Å². The average Bonchev–Trinajstić information content (AvgIpc) is 2.93. The lowest BCUT2D eigenvalue weighted by Gasteiger charge is -2.16. The molecule has 0 unspecified atom stereocenters. The van der Waals surface area contributed by atoms with Crippen molar-refractivity contribution in [2.75, 3.05) is 13.1 Å². The molecule has 0 radical (unpaired) electrons. The lowest BCUT2D eigenvalue weighted by atomic mass is 10.1. The molecule has 19 heavy (non-hydrogen) atoms. The number of hydrogen-bond acceptors (Lipinski definition) is 3. The highest BCUT2D eigenvalue weighted by Gasteiger charge is 2.28. The first-order chi connectivity index (χ1) is 9.08. The second kappa shape index (κ2) is 5.63. The minimum absolute atomic E-state index is 0.190. The molecular weight excluding hydrogens is 244 g/mol. The van der Waals surface area contributed by atoms with Crippen LogP contribution in [0.4, 0.5) is 4.79 Å². The van der Waals surface area contributed by atoms with E-state index in [0.717, 1.165) is 31.6 Å². The number of carbonyl (C=O) groups is 1. The Morgan fingerprint density at radius 3 is 2.68 bits per heavy atom. The van der Waals surface area contributed by atoms with Crippen LogP contribution in [0.5, 0.6) is 0 Å². The minimum Gasteiger partial charge on any atom is -0.327 e. The number of aromatic nitrogens is 1. The Balaban J connectivity index is 2.33. The van der Waals surface area contributed by atoms with Crippen LogP contribution in [0, 0.1) is 5.92 Å². The Bertz CT molecular complexity index is 515. The molecule has 106 valence electrons. The first-order valence-corrected chi connectivity index (χ1v) is 7.11. The topological polar surface area (TPSA) is 55.5 Å². The molecule has 2 rings (SSSR count). The van der Waals surface area contributed by atoms with E-state index in [1.165, 1.54) is 4.74 Å². The largest absolute Gasteiger partial charge is 0.361 e. The molecule has 1 aliphatic rings. The van der Waals surface area contributed by atoms with Gasteiger partial charge < -0.3 is 9.42 Å². The maximum Gasteiger partial charge on any atom is 0.361 e. The Morgan fingerprint density at radius 2 is 2.16 bits per heavy atom. The average molecular weight is 266 g/mol. The first-order valence-electron chi connectivity index (χ1n) is 7.11. The lowest BCUT2D eigenvalue weighted by molar-refractivity contribution is 0.172. The molecule has 5 heteroatoms. The van der Waals surface area contributed by atoms with Crippen molar-refractivity contribution in [3.05, 3.63) is 21.7 Å². The van der Waals surface area contributed by atoms with Gasteiger partial charge in [0.1, 0.15) is 0 Å². The van der Waals surface area contributed by atoms with E-state index >= 15 is 0 Å². The van der Waals surface area contributed by atoms with Gasteiger partial charge in [-0.1, -0.05) is 27.2 Å². The number of carbonyl (C=O) groups excluding carboxylic acids is 1. The molecule has 1 aromatic heterocycles. The molecule has 0 N–H and O–H groups in total. The van der Waals surface area contributed by atoms with E-state index in [4.69, 9.17) is 4.52 Å². The molecule has 1 aromatic rings. The number of rotatable bonds is 3. The zero-order chi connectivity index (χ0) is 14.0. The fourth-order valence-corrected chi connectivity index (χ4v) is 2.66. The van der Waals surface area contributed by atoms with Gasteiger partial charge in [0.05, 0.1) is 11.3 Å². The molecule has 0 bridgehead atoms. The summed E-state index contributed by atoms with van der Waals surface area (Å²) in [7, 11) is 0. The third kappa shape index (κ3) is 2.60. The predicted octanol–water partition coefficient (Wildman–Crippen LogP) is 2.27. The predicted molar refractivity (Wildman–Crippen MR) is 72.5 cm³/mol. The summed E-state index contributed by atoms with van der Waals surface area (Å²) in [6.07, 6.45) is 3.20. The van der Waals surface area contributed by atoms with Crippen LogP contribution < -0.4 is 5.63 Å². The van der Waals surface area contributed by atoms with Crippen molar-refractivity contribution in [3.63, 3.8) is 0 Å². The van der Waals surface area contributed by atoms with Crippen molar-refractivity contribution in [2.24, 2.45) is 5.92 Å². The van der Waals surface area contributed by atoms with Crippen LogP contribution in [0.1, 0.15) is 44.9 Å². The Labute approximate surface area is 113 Å². The molecule has 1 amide bonds. The van der Waals surface area contributed by atoms with Gasteiger partial charge in [0.25, 0.3) is 0 Å². The molecular formula is C14H22N2O3. The van der Waals surface area contributed by atoms with Crippen LogP contribution in [0.2, 0.25) is 0 Å². The molecule has 0 spiro atoms. The van der Waals surface area contributed by atoms with Gasteiger partial charge in [-0.2, -0.15) is 0 Å². The molecule has 0 aliphatic carbocycles. The lowest BCUT2D eigenvalue weighted by Crippen LogP contribution is -2.33. The number of amides is 1. The summed E-state index contributed by atoms with van der Waals surface area (Å²) in [5.74, 6) is 0.520. The van der Waals surface area contributed by atoms with Crippen molar-refractivity contribution < 1.29 is 9.32 Å². The Kier molecular flexibility index (Phi) is 4.12. The summed E-state index contributed by atoms with van der Waals surface area (Å²) in [4.78, 5) is 26.0. The summed E-state index contributed by atoms with van der Waals surface area (Å²) in [5.41, 5.74) is 1.02. The third-order valence-electron chi connectivity index (χ3n) is 3.72. The Morgan fingerprint density at radius 1 is 1.42 bits per heavy atom. The van der Waals surface area contributed by atoms with Gasteiger partial charge in [0.2, 0.25) is 0 Å². The zero-order valence-electron chi connectivity index (χ0n) is 11.9. The SMILES string of the molecule is CCCc1c(CC)c(=O)on1C(=O)N1CC[C@@H](C)C1. The van der Waals surface area contributed by atoms with Gasteiger partial charge in [-0.25, -0.2) is 9.59 Å². The van der Waals surface area contributed by atoms with E-state index < -0.39 is 0 Å². The van der Waals surface area contributed by atoms with Gasteiger partial charge in [-0.05, 0) is 25.2 Å². The van der Waals surface area contributed by atoms with Gasteiger partial charge >= 0.3 is 11.7 Å². The number of hydrogen-bond donors (Lipinski definition) is 0. The zero-order valence-corrected chi connectivity index (χ0v) is 11.9. The molecule has 2 heterocycles. The number of nitrogens with zero attached hydrogens (tertiary/aromatic N) is 2. The quantitative estimate of drug-likeness (QED) is 0.843. The van der Waals surface area contributed by atoms with Crippen molar-refractivity contribution >= 4 is 6.03 Å². The van der Waals surface area contributed by atoms with Crippen LogP contribution in [-0.2, 0) is 12.8 Å². The maximum atomic E-state index is 12.4. The van der Waals surface area contributed by atoms with E-state index in [9.17, 15) is 9.59 Å². The normalized spacial score (nSPS) is 19.1. The van der Waals surface area contributed by atoms with E-state index in [2.05, 4.69) is 6.92 Å². The van der Waals surface area contributed by atoms with E-state index in [-0.39, 0.29) is 11.7 Å². The summed E-state index contributed by atoms with van der Waals surface area (Å²) in [5, 5.41) is 0. The van der Waals surface area contributed by atoms with Crippen molar-refractivity contribution in [3.8, 4) is 0 Å².